The lowest BCUT2D eigenvalue weighted by molar-refractivity contribution is -0.119. The van der Waals surface area contributed by atoms with Gasteiger partial charge >= 0.3 is 0 Å². The third-order valence-electron chi connectivity index (χ3n) is 7.16. The lowest BCUT2D eigenvalue weighted by atomic mass is 10.0. The van der Waals surface area contributed by atoms with Crippen LogP contribution in [0.2, 0.25) is 0 Å². The summed E-state index contributed by atoms with van der Waals surface area (Å²) >= 11 is 0. The summed E-state index contributed by atoms with van der Waals surface area (Å²) < 4.78 is 0. The first-order valence-corrected chi connectivity index (χ1v) is 16.0. The van der Waals surface area contributed by atoms with Crippen molar-refractivity contribution < 1.29 is 9.59 Å². The number of carbonyl (C=O) groups excluding carboxylic acids is 2. The Morgan fingerprint density at radius 2 is 0.514 bits per heavy atom. The third-order valence-corrected chi connectivity index (χ3v) is 7.16. The molecule has 0 fully saturated rings. The molecule has 0 unspecified atom stereocenters. The fraction of sp³-hybridized carbons (Fsp3) is 0.818. The van der Waals surface area contributed by atoms with Crippen LogP contribution < -0.4 is 11.5 Å². The fourth-order valence-electron chi connectivity index (χ4n) is 4.77. The summed E-state index contributed by atoms with van der Waals surface area (Å²) in [5.74, 6) is -0.334. The summed E-state index contributed by atoms with van der Waals surface area (Å²) in [6, 6.07) is 0. The standard InChI is InChI=1S/C33H62N2O2/c34-32(36)30-28-26-24-22-20-18-16-14-12-10-8-6-4-2-1-3-5-7-9-11-13-15-17-19-21-23-25-27-29-31-33(35)37/h14-17H,1-13,18-31H2,(H2,34,36)(H2,35,37)/b16-14-,17-15-. The molecule has 4 heteroatoms. The van der Waals surface area contributed by atoms with Gasteiger partial charge in [-0.3, -0.25) is 9.59 Å². The van der Waals surface area contributed by atoms with Crippen LogP contribution in [0.3, 0.4) is 0 Å². The monoisotopic (exact) mass is 518 g/mol. The Bertz CT molecular complexity index is 509. The Hall–Kier alpha value is -1.58. The zero-order chi connectivity index (χ0) is 27.1. The SMILES string of the molecule is NC(=O)CCCCCCC/C=C\CCCCCCCCCCCCC/C=C\CCCCCCCC(N)=O. The Kier molecular flexibility index (Phi) is 29.3. The number of rotatable bonds is 30. The van der Waals surface area contributed by atoms with Crippen LogP contribution in [0.4, 0.5) is 0 Å². The molecule has 216 valence electrons. The highest BCUT2D eigenvalue weighted by atomic mass is 16.1. The minimum Gasteiger partial charge on any atom is -0.370 e. The van der Waals surface area contributed by atoms with Gasteiger partial charge in [0.2, 0.25) is 11.8 Å². The molecule has 2 amide bonds. The van der Waals surface area contributed by atoms with Crippen molar-refractivity contribution in [3.05, 3.63) is 24.3 Å². The normalized spacial score (nSPS) is 11.7. The number of unbranched alkanes of at least 4 members (excludes halogenated alkanes) is 22. The molecule has 0 aromatic rings. The summed E-state index contributed by atoms with van der Waals surface area (Å²) in [6.07, 6.45) is 42.5. The quantitative estimate of drug-likeness (QED) is 0.0732. The van der Waals surface area contributed by atoms with E-state index in [1.165, 1.54) is 135 Å². The second kappa shape index (κ2) is 30.6. The average molecular weight is 519 g/mol. The van der Waals surface area contributed by atoms with Crippen molar-refractivity contribution in [3.8, 4) is 0 Å². The highest BCUT2D eigenvalue weighted by Gasteiger charge is 1.96. The maximum absolute atomic E-state index is 10.7. The second-order valence-electron chi connectivity index (χ2n) is 11.0. The van der Waals surface area contributed by atoms with Crippen LogP contribution in [0, 0.1) is 0 Å². The molecule has 0 saturated carbocycles. The summed E-state index contributed by atoms with van der Waals surface area (Å²) in [7, 11) is 0. The molecule has 0 rings (SSSR count). The van der Waals surface area contributed by atoms with Gasteiger partial charge in [-0.1, -0.05) is 121 Å². The van der Waals surface area contributed by atoms with Crippen molar-refractivity contribution in [2.75, 3.05) is 0 Å². The van der Waals surface area contributed by atoms with E-state index in [-0.39, 0.29) is 11.8 Å². The highest BCUT2D eigenvalue weighted by Crippen LogP contribution is 2.14. The van der Waals surface area contributed by atoms with Gasteiger partial charge in [0, 0.05) is 12.8 Å². The number of amides is 2. The van der Waals surface area contributed by atoms with Crippen LogP contribution in [0.15, 0.2) is 24.3 Å². The van der Waals surface area contributed by atoms with Gasteiger partial charge in [0.1, 0.15) is 0 Å². The van der Waals surface area contributed by atoms with Crippen LogP contribution in [-0.4, -0.2) is 11.8 Å². The predicted octanol–water partition coefficient (Wildman–Crippen LogP) is 9.60. The molecule has 0 heterocycles. The molecule has 0 bridgehead atoms. The van der Waals surface area contributed by atoms with Crippen LogP contribution in [0.1, 0.15) is 173 Å². The first kappa shape index (κ1) is 35.4. The van der Waals surface area contributed by atoms with Crippen molar-refractivity contribution in [3.63, 3.8) is 0 Å². The topological polar surface area (TPSA) is 86.2 Å². The molecule has 0 saturated heterocycles. The third kappa shape index (κ3) is 34.4. The van der Waals surface area contributed by atoms with Gasteiger partial charge in [-0.05, 0) is 64.2 Å². The minimum atomic E-state index is -0.167. The minimum absolute atomic E-state index is 0.167. The largest absolute Gasteiger partial charge is 0.370 e. The van der Waals surface area contributed by atoms with Crippen LogP contribution in [0.5, 0.6) is 0 Å². The van der Waals surface area contributed by atoms with Gasteiger partial charge in [0.15, 0.2) is 0 Å². The lowest BCUT2D eigenvalue weighted by Gasteiger charge is -2.02. The Morgan fingerprint density at radius 3 is 0.730 bits per heavy atom. The van der Waals surface area contributed by atoms with E-state index in [1.54, 1.807) is 0 Å². The molecule has 0 aromatic heterocycles. The number of hydrogen-bond acceptors (Lipinski definition) is 2. The summed E-state index contributed by atoms with van der Waals surface area (Å²) in [6.45, 7) is 0. The molecule has 0 aliphatic heterocycles. The van der Waals surface area contributed by atoms with Crippen molar-refractivity contribution in [1.82, 2.24) is 0 Å². The summed E-state index contributed by atoms with van der Waals surface area (Å²) in [4.78, 5) is 21.3. The maximum atomic E-state index is 10.7. The first-order valence-electron chi connectivity index (χ1n) is 16.0. The van der Waals surface area contributed by atoms with Crippen molar-refractivity contribution in [1.29, 1.82) is 0 Å². The predicted molar refractivity (Wildman–Crippen MR) is 161 cm³/mol. The zero-order valence-corrected chi connectivity index (χ0v) is 24.4. The number of allylic oxidation sites excluding steroid dienone is 4. The van der Waals surface area contributed by atoms with E-state index in [0.29, 0.717) is 12.8 Å². The van der Waals surface area contributed by atoms with E-state index in [9.17, 15) is 9.59 Å². The maximum Gasteiger partial charge on any atom is 0.217 e. The Labute approximate surface area is 230 Å². The van der Waals surface area contributed by atoms with Gasteiger partial charge in [-0.2, -0.15) is 0 Å². The van der Waals surface area contributed by atoms with E-state index in [4.69, 9.17) is 11.5 Å². The van der Waals surface area contributed by atoms with E-state index in [0.717, 1.165) is 25.7 Å². The lowest BCUT2D eigenvalue weighted by Crippen LogP contribution is -2.09. The van der Waals surface area contributed by atoms with Gasteiger partial charge in [-0.25, -0.2) is 0 Å². The van der Waals surface area contributed by atoms with Gasteiger partial charge in [0.05, 0.1) is 0 Å². The number of primary amides is 2. The van der Waals surface area contributed by atoms with E-state index in [2.05, 4.69) is 24.3 Å². The molecule has 0 atom stereocenters. The molecule has 0 aliphatic rings. The molecular weight excluding hydrogens is 456 g/mol. The van der Waals surface area contributed by atoms with Crippen LogP contribution in [0.25, 0.3) is 0 Å². The molecule has 0 radical (unpaired) electrons. The van der Waals surface area contributed by atoms with Crippen molar-refractivity contribution in [2.24, 2.45) is 11.5 Å². The number of carbonyl (C=O) groups is 2. The van der Waals surface area contributed by atoms with E-state index < -0.39 is 0 Å². The summed E-state index contributed by atoms with van der Waals surface area (Å²) in [5.41, 5.74) is 10.3. The summed E-state index contributed by atoms with van der Waals surface area (Å²) in [5, 5.41) is 0. The van der Waals surface area contributed by atoms with Gasteiger partial charge in [0.25, 0.3) is 0 Å². The van der Waals surface area contributed by atoms with E-state index in [1.807, 2.05) is 0 Å². The molecule has 0 aromatic carbocycles. The molecule has 4 nitrogen and oxygen atoms in total. The fourth-order valence-corrected chi connectivity index (χ4v) is 4.77. The Balaban J connectivity index is 3.14. The van der Waals surface area contributed by atoms with E-state index >= 15 is 0 Å². The highest BCUT2D eigenvalue weighted by molar-refractivity contribution is 5.73. The molecular formula is C33H62N2O2. The molecule has 4 N–H and O–H groups in total. The molecule has 37 heavy (non-hydrogen) atoms. The zero-order valence-electron chi connectivity index (χ0n) is 24.4. The smallest absolute Gasteiger partial charge is 0.217 e. The van der Waals surface area contributed by atoms with Crippen LogP contribution in [-0.2, 0) is 9.59 Å². The van der Waals surface area contributed by atoms with Crippen LogP contribution >= 0.6 is 0 Å². The Morgan fingerprint density at radius 1 is 0.324 bits per heavy atom. The number of hydrogen-bond donors (Lipinski definition) is 2. The second-order valence-corrected chi connectivity index (χ2v) is 11.0. The molecule has 0 spiro atoms. The first-order chi connectivity index (χ1) is 18.1. The average Bonchev–Trinajstić information content (AvgIpc) is 2.87. The van der Waals surface area contributed by atoms with Crippen molar-refractivity contribution in [2.45, 2.75) is 173 Å². The van der Waals surface area contributed by atoms with Gasteiger partial charge in [-0.15, -0.1) is 0 Å². The molecule has 0 aliphatic carbocycles. The van der Waals surface area contributed by atoms with Gasteiger partial charge < -0.3 is 11.5 Å². The van der Waals surface area contributed by atoms with Crippen molar-refractivity contribution >= 4 is 11.8 Å². The number of nitrogens with two attached hydrogens (primary N) is 2.